The summed E-state index contributed by atoms with van der Waals surface area (Å²) in [4.78, 5) is 12.0. The SMILES string of the molecule is Cn1cc(CCNC(=O)c2cc(Br)ccc2Br)cn1. The number of aryl methyl sites for hydroxylation is 1. The normalized spacial score (nSPS) is 10.5. The van der Waals surface area contributed by atoms with Crippen molar-refractivity contribution in [2.75, 3.05) is 6.54 Å². The first kappa shape index (κ1) is 14.3. The molecule has 0 atom stereocenters. The molecule has 0 aliphatic rings. The smallest absolute Gasteiger partial charge is 0.252 e. The summed E-state index contributed by atoms with van der Waals surface area (Å²) in [7, 11) is 1.88. The number of amides is 1. The van der Waals surface area contributed by atoms with Gasteiger partial charge in [-0.2, -0.15) is 5.10 Å². The minimum Gasteiger partial charge on any atom is -0.352 e. The number of aromatic nitrogens is 2. The minimum atomic E-state index is -0.0861. The van der Waals surface area contributed by atoms with Gasteiger partial charge in [0.25, 0.3) is 5.91 Å². The van der Waals surface area contributed by atoms with E-state index in [4.69, 9.17) is 0 Å². The van der Waals surface area contributed by atoms with E-state index in [1.54, 1.807) is 16.9 Å². The summed E-state index contributed by atoms with van der Waals surface area (Å²) in [6, 6.07) is 5.53. The molecule has 1 heterocycles. The van der Waals surface area contributed by atoms with Gasteiger partial charge in [-0.25, -0.2) is 0 Å². The van der Waals surface area contributed by atoms with Gasteiger partial charge in [0, 0.05) is 28.7 Å². The number of hydrogen-bond acceptors (Lipinski definition) is 2. The Kier molecular flexibility index (Phi) is 4.76. The van der Waals surface area contributed by atoms with Crippen molar-refractivity contribution in [3.05, 3.63) is 50.7 Å². The van der Waals surface area contributed by atoms with Crippen LogP contribution in [-0.4, -0.2) is 22.2 Å². The van der Waals surface area contributed by atoms with Gasteiger partial charge in [-0.15, -0.1) is 0 Å². The van der Waals surface area contributed by atoms with Gasteiger partial charge in [-0.05, 0) is 46.1 Å². The zero-order valence-corrected chi connectivity index (χ0v) is 13.5. The zero-order chi connectivity index (χ0) is 13.8. The molecule has 2 rings (SSSR count). The molecular formula is C13H13Br2N3O. The molecule has 1 aromatic carbocycles. The number of nitrogens with one attached hydrogen (secondary N) is 1. The second kappa shape index (κ2) is 6.34. The predicted octanol–water partition coefficient (Wildman–Crippen LogP) is 2.92. The number of hydrogen-bond donors (Lipinski definition) is 1. The highest BCUT2D eigenvalue weighted by atomic mass is 79.9. The van der Waals surface area contributed by atoms with Crippen LogP contribution in [0.25, 0.3) is 0 Å². The van der Waals surface area contributed by atoms with Crippen LogP contribution in [0.1, 0.15) is 15.9 Å². The van der Waals surface area contributed by atoms with E-state index in [2.05, 4.69) is 42.3 Å². The maximum Gasteiger partial charge on any atom is 0.252 e. The maximum atomic E-state index is 12.0. The van der Waals surface area contributed by atoms with Crippen molar-refractivity contribution in [1.82, 2.24) is 15.1 Å². The molecule has 6 heteroatoms. The van der Waals surface area contributed by atoms with E-state index in [1.165, 1.54) is 0 Å². The van der Waals surface area contributed by atoms with Crippen LogP contribution in [-0.2, 0) is 13.5 Å². The van der Waals surface area contributed by atoms with Crippen LogP contribution in [0.5, 0.6) is 0 Å². The Labute approximate surface area is 128 Å². The van der Waals surface area contributed by atoms with E-state index in [9.17, 15) is 4.79 Å². The summed E-state index contributed by atoms with van der Waals surface area (Å²) in [5.41, 5.74) is 1.73. The standard InChI is InChI=1S/C13H13Br2N3O/c1-18-8-9(7-17-18)4-5-16-13(19)11-6-10(14)2-3-12(11)15/h2-3,6-8H,4-5H2,1H3,(H,16,19). The number of rotatable bonds is 4. The Bertz CT molecular complexity index is 595. The van der Waals surface area contributed by atoms with Crippen molar-refractivity contribution in [1.29, 1.82) is 0 Å². The van der Waals surface area contributed by atoms with Gasteiger partial charge < -0.3 is 5.32 Å². The third-order valence-electron chi connectivity index (χ3n) is 2.63. The van der Waals surface area contributed by atoms with E-state index in [0.717, 1.165) is 20.9 Å². The topological polar surface area (TPSA) is 46.9 Å². The lowest BCUT2D eigenvalue weighted by Crippen LogP contribution is -2.26. The molecule has 1 amide bonds. The number of nitrogens with zero attached hydrogens (tertiary/aromatic N) is 2. The number of benzene rings is 1. The number of carbonyl (C=O) groups excluding carboxylic acids is 1. The Hall–Kier alpha value is -1.14. The molecule has 100 valence electrons. The molecule has 0 spiro atoms. The number of halogens is 2. The van der Waals surface area contributed by atoms with Crippen molar-refractivity contribution >= 4 is 37.8 Å². The van der Waals surface area contributed by atoms with Gasteiger partial charge in [0.2, 0.25) is 0 Å². The molecular weight excluding hydrogens is 374 g/mol. The van der Waals surface area contributed by atoms with E-state index in [0.29, 0.717) is 12.1 Å². The van der Waals surface area contributed by atoms with Crippen molar-refractivity contribution in [3.8, 4) is 0 Å². The highest BCUT2D eigenvalue weighted by molar-refractivity contribution is 9.11. The number of carbonyl (C=O) groups is 1. The quantitative estimate of drug-likeness (QED) is 0.878. The molecule has 4 nitrogen and oxygen atoms in total. The van der Waals surface area contributed by atoms with Crippen LogP contribution in [0.4, 0.5) is 0 Å². The van der Waals surface area contributed by atoms with E-state index >= 15 is 0 Å². The fraction of sp³-hybridized carbons (Fsp3) is 0.231. The van der Waals surface area contributed by atoms with Crippen LogP contribution >= 0.6 is 31.9 Å². The second-order valence-electron chi connectivity index (χ2n) is 4.15. The summed E-state index contributed by atoms with van der Waals surface area (Å²) < 4.78 is 3.42. The first-order valence-electron chi connectivity index (χ1n) is 5.77. The monoisotopic (exact) mass is 385 g/mol. The van der Waals surface area contributed by atoms with Crippen LogP contribution in [0.3, 0.4) is 0 Å². The molecule has 19 heavy (non-hydrogen) atoms. The lowest BCUT2D eigenvalue weighted by atomic mass is 10.2. The molecule has 0 unspecified atom stereocenters. The van der Waals surface area contributed by atoms with Crippen molar-refractivity contribution in [3.63, 3.8) is 0 Å². The summed E-state index contributed by atoms with van der Waals surface area (Å²) in [5, 5.41) is 6.99. The van der Waals surface area contributed by atoms with E-state index < -0.39 is 0 Å². The van der Waals surface area contributed by atoms with E-state index in [-0.39, 0.29) is 5.91 Å². The first-order valence-corrected chi connectivity index (χ1v) is 7.35. The van der Waals surface area contributed by atoms with Crippen molar-refractivity contribution in [2.45, 2.75) is 6.42 Å². The molecule has 0 fully saturated rings. The van der Waals surface area contributed by atoms with Crippen LogP contribution in [0, 0.1) is 0 Å². The zero-order valence-electron chi connectivity index (χ0n) is 10.4. The van der Waals surface area contributed by atoms with Gasteiger partial charge in [-0.3, -0.25) is 9.48 Å². The molecule has 0 bridgehead atoms. The Morgan fingerprint density at radius 2 is 2.21 bits per heavy atom. The molecule has 1 N–H and O–H groups in total. The molecule has 2 aromatic rings. The molecule has 0 aliphatic heterocycles. The van der Waals surface area contributed by atoms with Crippen molar-refractivity contribution in [2.24, 2.45) is 7.05 Å². The predicted molar refractivity (Wildman–Crippen MR) is 81.1 cm³/mol. The summed E-state index contributed by atoms with van der Waals surface area (Å²) in [6.45, 7) is 0.587. The molecule has 0 aliphatic carbocycles. The highest BCUT2D eigenvalue weighted by Gasteiger charge is 2.10. The third-order valence-corrected chi connectivity index (χ3v) is 3.82. The Balaban J connectivity index is 1.92. The maximum absolute atomic E-state index is 12.0. The van der Waals surface area contributed by atoms with Gasteiger partial charge in [0.1, 0.15) is 0 Å². The van der Waals surface area contributed by atoms with Crippen LogP contribution in [0.2, 0.25) is 0 Å². The first-order chi connectivity index (χ1) is 9.06. The van der Waals surface area contributed by atoms with Crippen LogP contribution < -0.4 is 5.32 Å². The fourth-order valence-corrected chi connectivity index (χ4v) is 2.48. The lowest BCUT2D eigenvalue weighted by molar-refractivity contribution is 0.0953. The molecule has 1 aromatic heterocycles. The van der Waals surface area contributed by atoms with E-state index in [1.807, 2.05) is 25.4 Å². The molecule has 0 saturated carbocycles. The third kappa shape index (κ3) is 3.91. The van der Waals surface area contributed by atoms with Gasteiger partial charge in [0.15, 0.2) is 0 Å². The van der Waals surface area contributed by atoms with Gasteiger partial charge >= 0.3 is 0 Å². The Morgan fingerprint density at radius 3 is 2.89 bits per heavy atom. The molecule has 0 saturated heterocycles. The van der Waals surface area contributed by atoms with Gasteiger partial charge in [-0.1, -0.05) is 15.9 Å². The minimum absolute atomic E-state index is 0.0861. The lowest BCUT2D eigenvalue weighted by Gasteiger charge is -2.06. The van der Waals surface area contributed by atoms with Crippen molar-refractivity contribution < 1.29 is 4.79 Å². The molecule has 0 radical (unpaired) electrons. The Morgan fingerprint density at radius 1 is 1.42 bits per heavy atom. The second-order valence-corrected chi connectivity index (χ2v) is 5.92. The summed E-state index contributed by atoms with van der Waals surface area (Å²) in [6.07, 6.45) is 4.52. The van der Waals surface area contributed by atoms with Crippen LogP contribution in [0.15, 0.2) is 39.5 Å². The fourth-order valence-electron chi connectivity index (χ4n) is 1.69. The highest BCUT2D eigenvalue weighted by Crippen LogP contribution is 2.21. The average molecular weight is 387 g/mol. The van der Waals surface area contributed by atoms with Gasteiger partial charge in [0.05, 0.1) is 11.8 Å². The summed E-state index contributed by atoms with van der Waals surface area (Å²) >= 11 is 6.74. The average Bonchev–Trinajstić information content (AvgIpc) is 2.78. The largest absolute Gasteiger partial charge is 0.352 e. The summed E-state index contributed by atoms with van der Waals surface area (Å²) in [5.74, 6) is -0.0861.